The Morgan fingerprint density at radius 2 is 0.771 bits per heavy atom. The number of hydrogen-bond donors (Lipinski definition) is 4. The molecule has 0 amide bonds. The van der Waals surface area contributed by atoms with Crippen LogP contribution >= 0.6 is 0 Å². The van der Waals surface area contributed by atoms with Gasteiger partial charge in [-0.25, -0.2) is 0 Å². The van der Waals surface area contributed by atoms with E-state index < -0.39 is 20.2 Å². The van der Waals surface area contributed by atoms with Gasteiger partial charge >= 0.3 is 59.1 Å². The third kappa shape index (κ3) is 7.84. The normalized spacial score (nSPS) is 12.0. The van der Waals surface area contributed by atoms with Crippen molar-refractivity contribution in [2.45, 2.75) is 9.79 Å². The topological polar surface area (TPSA) is 210 Å². The molecule has 0 spiro atoms. The summed E-state index contributed by atoms with van der Waals surface area (Å²) >= 11 is 0. The molecule has 0 bridgehead atoms. The van der Waals surface area contributed by atoms with Crippen molar-refractivity contribution in [3.63, 3.8) is 0 Å². The van der Waals surface area contributed by atoms with Crippen LogP contribution in [-0.4, -0.2) is 85.1 Å². The average Bonchev–Trinajstić information content (AvgIpc) is 3.04. The second-order valence-electron chi connectivity index (χ2n) is 10.2. The number of benzene rings is 6. The Labute approximate surface area is 320 Å². The van der Waals surface area contributed by atoms with Gasteiger partial charge in [0.1, 0.15) is 21.2 Å². The second-order valence-corrected chi connectivity index (χ2v) is 12.9. The number of anilines is 2. The molecule has 0 unspecified atom stereocenters. The number of nitrogens with two attached hydrogens (primary N) is 2. The van der Waals surface area contributed by atoms with Crippen molar-refractivity contribution in [2.75, 3.05) is 11.5 Å². The van der Waals surface area contributed by atoms with Crippen molar-refractivity contribution in [1.82, 2.24) is 0 Å². The molecule has 0 aliphatic heterocycles. The van der Waals surface area contributed by atoms with Gasteiger partial charge in [0.25, 0.3) is 20.2 Å². The standard InChI is InChI=1S/C32H24N6O6S2.2Na.2H/c33-31-25-7-3-1-5-23(25)29(45(39,40)41)17-27(31)37-35-21-13-9-19(10-14-21)20-11-15-22(16-12-20)36-38-28-18-30(46(42,43)44)24-6-2-4-8-26(24)32(28)34;;;;/h1-18H,33-34H2,(H,39,40,41)(H,42,43,44);;;;/b37-35+,38-36+;;;;. The molecule has 0 saturated heterocycles. The number of azo groups is 2. The van der Waals surface area contributed by atoms with Gasteiger partial charge in [-0.2, -0.15) is 27.1 Å². The van der Waals surface area contributed by atoms with E-state index in [0.717, 1.165) is 11.1 Å². The van der Waals surface area contributed by atoms with E-state index in [4.69, 9.17) is 11.5 Å². The summed E-state index contributed by atoms with van der Waals surface area (Å²) in [6.45, 7) is 0. The third-order valence-electron chi connectivity index (χ3n) is 7.22. The van der Waals surface area contributed by atoms with Crippen molar-refractivity contribution in [3.05, 3.63) is 109 Å². The van der Waals surface area contributed by atoms with Gasteiger partial charge in [-0.3, -0.25) is 9.11 Å². The molecule has 234 valence electrons. The Morgan fingerprint density at radius 3 is 1.08 bits per heavy atom. The maximum absolute atomic E-state index is 12.0. The molecule has 0 fully saturated rings. The predicted molar refractivity (Wildman–Crippen MR) is 191 cm³/mol. The molecule has 0 heterocycles. The van der Waals surface area contributed by atoms with Crippen LogP contribution in [0.1, 0.15) is 0 Å². The number of nitrogen functional groups attached to an aromatic ring is 2. The predicted octanol–water partition coefficient (Wildman–Crippen LogP) is 6.85. The third-order valence-corrected chi connectivity index (χ3v) is 9.01. The molecule has 6 aromatic rings. The molecule has 0 aliphatic rings. The molecule has 0 aliphatic carbocycles. The first-order valence-corrected chi connectivity index (χ1v) is 16.4. The van der Waals surface area contributed by atoms with E-state index in [2.05, 4.69) is 20.5 Å². The van der Waals surface area contributed by atoms with Gasteiger partial charge in [0.05, 0.1) is 22.7 Å². The molecule has 6 N–H and O–H groups in total. The van der Waals surface area contributed by atoms with Gasteiger partial charge in [0, 0.05) is 21.5 Å². The van der Waals surface area contributed by atoms with Crippen molar-refractivity contribution >= 4 is 135 Å². The Hall–Kier alpha value is -3.54. The Kier molecular flexibility index (Phi) is 11.6. The number of hydrogen-bond acceptors (Lipinski definition) is 10. The summed E-state index contributed by atoms with van der Waals surface area (Å²) in [6, 6.07) is 29.6. The first kappa shape index (κ1) is 37.3. The zero-order valence-electron chi connectivity index (χ0n) is 23.7. The summed E-state index contributed by atoms with van der Waals surface area (Å²) in [5.41, 5.74) is 15.8. The fourth-order valence-electron chi connectivity index (χ4n) is 4.96. The summed E-state index contributed by atoms with van der Waals surface area (Å²) in [5.74, 6) is 0. The van der Waals surface area contributed by atoms with Crippen LogP contribution in [0.4, 0.5) is 34.1 Å². The van der Waals surface area contributed by atoms with Crippen LogP contribution in [0.3, 0.4) is 0 Å². The minimum atomic E-state index is -4.53. The van der Waals surface area contributed by atoms with Crippen LogP contribution in [0.5, 0.6) is 0 Å². The summed E-state index contributed by atoms with van der Waals surface area (Å²) in [7, 11) is -9.07. The maximum atomic E-state index is 12.0. The Bertz CT molecular complexity index is 2270. The van der Waals surface area contributed by atoms with Crippen molar-refractivity contribution in [3.8, 4) is 11.1 Å². The fraction of sp³-hybridized carbons (Fsp3) is 0. The second kappa shape index (κ2) is 14.9. The van der Waals surface area contributed by atoms with E-state index in [9.17, 15) is 25.9 Å². The van der Waals surface area contributed by atoms with E-state index in [0.29, 0.717) is 22.1 Å². The van der Waals surface area contributed by atoms with E-state index in [1.54, 1.807) is 72.8 Å². The van der Waals surface area contributed by atoms with Gasteiger partial charge in [0.2, 0.25) is 0 Å². The summed E-state index contributed by atoms with van der Waals surface area (Å²) < 4.78 is 67.4. The molecular formula is C32H26N6Na2O6S2. The molecule has 6 aromatic carbocycles. The Balaban J connectivity index is 0.00000260. The van der Waals surface area contributed by atoms with E-state index in [1.807, 2.05) is 24.3 Å². The molecule has 12 nitrogen and oxygen atoms in total. The van der Waals surface area contributed by atoms with Crippen molar-refractivity contribution < 1.29 is 25.9 Å². The molecule has 16 heteroatoms. The van der Waals surface area contributed by atoms with E-state index >= 15 is 0 Å². The van der Waals surface area contributed by atoms with Gasteiger partial charge in [-0.05, 0) is 47.5 Å². The first-order valence-electron chi connectivity index (χ1n) is 13.5. The van der Waals surface area contributed by atoms with Crippen LogP contribution in [0.2, 0.25) is 0 Å². The number of nitrogens with zero attached hydrogens (tertiary/aromatic N) is 4. The number of fused-ring (bicyclic) bond motifs is 2. The monoisotopic (exact) mass is 700 g/mol. The number of rotatable bonds is 7. The van der Waals surface area contributed by atoms with E-state index in [1.165, 1.54) is 12.1 Å². The van der Waals surface area contributed by atoms with Crippen LogP contribution in [0, 0.1) is 0 Å². The first-order chi connectivity index (χ1) is 21.9. The minimum absolute atomic E-state index is 0. The zero-order chi connectivity index (χ0) is 32.6. The zero-order valence-corrected chi connectivity index (χ0v) is 25.3. The summed E-state index contributed by atoms with van der Waals surface area (Å²) in [6.07, 6.45) is 0. The quantitative estimate of drug-likeness (QED) is 0.0597. The van der Waals surface area contributed by atoms with Crippen LogP contribution in [0.25, 0.3) is 32.7 Å². The van der Waals surface area contributed by atoms with Crippen molar-refractivity contribution in [1.29, 1.82) is 0 Å². The molecule has 0 saturated carbocycles. The molecular weight excluding hydrogens is 675 g/mol. The van der Waals surface area contributed by atoms with Crippen LogP contribution in [-0.2, 0) is 20.2 Å². The molecule has 0 aromatic heterocycles. The van der Waals surface area contributed by atoms with Gasteiger partial charge in [-0.15, -0.1) is 10.2 Å². The van der Waals surface area contributed by atoms with Crippen LogP contribution in [0.15, 0.2) is 139 Å². The molecule has 0 radical (unpaired) electrons. The van der Waals surface area contributed by atoms with E-state index in [-0.39, 0.29) is 102 Å². The van der Waals surface area contributed by atoms with Gasteiger partial charge in [0.15, 0.2) is 0 Å². The van der Waals surface area contributed by atoms with Gasteiger partial charge < -0.3 is 11.5 Å². The molecule has 48 heavy (non-hydrogen) atoms. The molecule has 6 rings (SSSR count). The fourth-order valence-corrected chi connectivity index (χ4v) is 6.39. The summed E-state index contributed by atoms with van der Waals surface area (Å²) in [5, 5.41) is 18.1. The summed E-state index contributed by atoms with van der Waals surface area (Å²) in [4.78, 5) is -0.624. The average molecular weight is 701 g/mol. The SMILES string of the molecule is Nc1c(/N=N/c2ccc(-c3ccc(/N=N/c4cc(S(=O)(=O)O)c5ccccc5c4N)cc3)cc2)cc(S(=O)(=O)O)c2ccccc12.[NaH].[NaH]. The van der Waals surface area contributed by atoms with Gasteiger partial charge in [-0.1, -0.05) is 72.8 Å². The van der Waals surface area contributed by atoms with Crippen LogP contribution < -0.4 is 11.5 Å². The Morgan fingerprint density at radius 1 is 0.458 bits per heavy atom. The molecule has 0 atom stereocenters. The van der Waals surface area contributed by atoms with Crippen molar-refractivity contribution in [2.24, 2.45) is 20.5 Å².